The number of hydrogen-bond donors (Lipinski definition) is 2. The van der Waals surface area contributed by atoms with Crippen LogP contribution < -0.4 is 0 Å². The zero-order chi connectivity index (χ0) is 22.5. The summed E-state index contributed by atoms with van der Waals surface area (Å²) in [4.78, 5) is 2.09. The molecule has 3 heterocycles. The summed E-state index contributed by atoms with van der Waals surface area (Å²) in [7, 11) is -3.05. The molecule has 32 heavy (non-hydrogen) atoms. The van der Waals surface area contributed by atoms with E-state index < -0.39 is 9.84 Å². The molecule has 1 saturated heterocycles. The number of fused-ring (bicyclic) bond motifs is 2. The molecule has 1 aromatic heterocycles. The van der Waals surface area contributed by atoms with E-state index in [9.17, 15) is 18.6 Å². The minimum Gasteiger partial charge on any atom is -0.507 e. The second kappa shape index (κ2) is 7.75. The Morgan fingerprint density at radius 1 is 1.12 bits per heavy atom. The molecule has 0 saturated carbocycles. The SMILES string of the molecule is CS(=O)(=O)C1CCN(Cc2c(O)ccc3c(O)c(C=C4N=Nc5ccccc54)oc23)CC1. The van der Waals surface area contributed by atoms with Crippen molar-refractivity contribution in [3.8, 4) is 11.5 Å². The van der Waals surface area contributed by atoms with Gasteiger partial charge in [0.05, 0.1) is 27.6 Å². The monoisotopic (exact) mass is 453 g/mol. The van der Waals surface area contributed by atoms with Crippen molar-refractivity contribution < 1.29 is 23.0 Å². The molecule has 1 fully saturated rings. The van der Waals surface area contributed by atoms with Gasteiger partial charge >= 0.3 is 0 Å². The minimum atomic E-state index is -3.05. The Bertz CT molecular complexity index is 1370. The number of likely N-dealkylation sites (tertiary alicyclic amines) is 1. The topological polar surface area (TPSA) is 116 Å². The standard InChI is InChI=1S/C23H23N3O5S/c1-32(29,30)14-8-10-26(11-9-14)13-17-20(27)7-6-16-22(28)21(31-23(16)17)12-19-15-4-2-3-5-18(15)24-25-19/h2-7,12,14,27-28H,8-11,13H2,1H3. The number of nitrogens with zero attached hydrogens (tertiary/aromatic N) is 3. The number of benzene rings is 2. The van der Waals surface area contributed by atoms with Gasteiger partial charge in [0.2, 0.25) is 0 Å². The van der Waals surface area contributed by atoms with Crippen LogP contribution in [0.25, 0.3) is 22.7 Å². The average Bonchev–Trinajstić information content (AvgIpc) is 3.32. The number of phenolic OH excluding ortho intramolecular Hbond substituents is 1. The highest BCUT2D eigenvalue weighted by molar-refractivity contribution is 7.91. The number of phenols is 1. The van der Waals surface area contributed by atoms with E-state index in [1.165, 1.54) is 12.3 Å². The molecule has 2 aromatic carbocycles. The van der Waals surface area contributed by atoms with Crippen molar-refractivity contribution in [2.45, 2.75) is 24.6 Å². The van der Waals surface area contributed by atoms with Gasteiger partial charge in [-0.3, -0.25) is 4.90 Å². The number of piperidine rings is 1. The molecule has 2 aliphatic heterocycles. The van der Waals surface area contributed by atoms with Gasteiger partial charge in [-0.15, -0.1) is 10.2 Å². The van der Waals surface area contributed by atoms with E-state index in [4.69, 9.17) is 4.42 Å². The van der Waals surface area contributed by atoms with Crippen LogP contribution in [0.2, 0.25) is 0 Å². The molecule has 0 spiro atoms. The third-order valence-corrected chi connectivity index (χ3v) is 7.85. The van der Waals surface area contributed by atoms with Gasteiger partial charge < -0.3 is 14.6 Å². The van der Waals surface area contributed by atoms with E-state index in [1.54, 1.807) is 12.1 Å². The van der Waals surface area contributed by atoms with Crippen molar-refractivity contribution >= 4 is 38.3 Å². The van der Waals surface area contributed by atoms with Crippen LogP contribution in [-0.4, -0.2) is 48.1 Å². The predicted molar refractivity (Wildman–Crippen MR) is 122 cm³/mol. The van der Waals surface area contributed by atoms with E-state index in [2.05, 4.69) is 15.1 Å². The molecule has 9 heteroatoms. The summed E-state index contributed by atoms with van der Waals surface area (Å²) < 4.78 is 29.6. The maximum Gasteiger partial charge on any atom is 0.172 e. The third kappa shape index (κ3) is 3.67. The normalized spacial score (nSPS) is 18.6. The highest BCUT2D eigenvalue weighted by Crippen LogP contribution is 2.42. The molecule has 8 nitrogen and oxygen atoms in total. The first-order valence-corrected chi connectivity index (χ1v) is 12.4. The van der Waals surface area contributed by atoms with E-state index >= 15 is 0 Å². The van der Waals surface area contributed by atoms with Gasteiger partial charge in [-0.2, -0.15) is 0 Å². The van der Waals surface area contributed by atoms with Gasteiger partial charge in [-0.25, -0.2) is 8.42 Å². The first-order chi connectivity index (χ1) is 15.3. The summed E-state index contributed by atoms with van der Waals surface area (Å²) in [5.74, 6) is 0.291. The van der Waals surface area contributed by atoms with Gasteiger partial charge in [-0.05, 0) is 44.1 Å². The first-order valence-electron chi connectivity index (χ1n) is 10.4. The second-order valence-corrected chi connectivity index (χ2v) is 10.6. The molecule has 5 rings (SSSR count). The molecule has 0 amide bonds. The zero-order valence-electron chi connectivity index (χ0n) is 17.5. The summed E-state index contributed by atoms with van der Waals surface area (Å²) in [6, 6.07) is 10.7. The van der Waals surface area contributed by atoms with Crippen molar-refractivity contribution in [1.82, 2.24) is 4.90 Å². The van der Waals surface area contributed by atoms with Gasteiger partial charge in [0.25, 0.3) is 0 Å². The minimum absolute atomic E-state index is 0.0240. The van der Waals surface area contributed by atoms with Crippen LogP contribution in [0.3, 0.4) is 0 Å². The fourth-order valence-corrected chi connectivity index (χ4v) is 5.42. The first kappa shape index (κ1) is 20.7. The molecule has 0 bridgehead atoms. The van der Waals surface area contributed by atoms with Gasteiger partial charge in [0.15, 0.2) is 11.5 Å². The highest BCUT2D eigenvalue weighted by Gasteiger charge is 2.28. The molecular weight excluding hydrogens is 430 g/mol. The summed E-state index contributed by atoms with van der Waals surface area (Å²) >= 11 is 0. The Balaban J connectivity index is 1.46. The van der Waals surface area contributed by atoms with Crippen LogP contribution >= 0.6 is 0 Å². The largest absolute Gasteiger partial charge is 0.507 e. The lowest BCUT2D eigenvalue weighted by Gasteiger charge is -2.31. The molecule has 3 aromatic rings. The molecule has 0 atom stereocenters. The number of rotatable bonds is 4. The van der Waals surface area contributed by atoms with Gasteiger partial charge in [-0.1, -0.05) is 18.2 Å². The van der Waals surface area contributed by atoms with Crippen molar-refractivity contribution in [2.24, 2.45) is 10.2 Å². The fraction of sp³-hybridized carbons (Fsp3) is 0.304. The molecule has 0 radical (unpaired) electrons. The summed E-state index contributed by atoms with van der Waals surface area (Å²) in [5.41, 5.74) is 3.16. The van der Waals surface area contributed by atoms with Crippen LogP contribution in [0.5, 0.6) is 11.5 Å². The Kier molecular flexibility index (Phi) is 5.02. The Morgan fingerprint density at radius 2 is 1.88 bits per heavy atom. The average molecular weight is 454 g/mol. The van der Waals surface area contributed by atoms with E-state index in [-0.39, 0.29) is 22.5 Å². The van der Waals surface area contributed by atoms with Crippen LogP contribution in [0.1, 0.15) is 29.7 Å². The Hall–Kier alpha value is -3.17. The summed E-state index contributed by atoms with van der Waals surface area (Å²) in [5, 5.41) is 29.8. The molecule has 2 N–H and O–H groups in total. The molecule has 2 aliphatic rings. The lowest BCUT2D eigenvalue weighted by atomic mass is 10.1. The predicted octanol–water partition coefficient (Wildman–Crippen LogP) is 4.45. The molecule has 0 unspecified atom stereocenters. The van der Waals surface area contributed by atoms with E-state index in [0.29, 0.717) is 54.7 Å². The molecule has 166 valence electrons. The van der Waals surface area contributed by atoms with Crippen LogP contribution in [0.4, 0.5) is 5.69 Å². The Morgan fingerprint density at radius 3 is 2.62 bits per heavy atom. The van der Waals surface area contributed by atoms with Crippen molar-refractivity contribution in [1.29, 1.82) is 0 Å². The van der Waals surface area contributed by atoms with Gasteiger partial charge in [0.1, 0.15) is 21.2 Å². The van der Waals surface area contributed by atoms with Crippen LogP contribution in [0, 0.1) is 0 Å². The molecule has 0 aliphatic carbocycles. The number of azo groups is 1. The molecular formula is C23H23N3O5S. The summed E-state index contributed by atoms with van der Waals surface area (Å²) in [6.07, 6.45) is 4.04. The van der Waals surface area contributed by atoms with Crippen LogP contribution in [0.15, 0.2) is 51.0 Å². The Labute approximate surface area is 185 Å². The summed E-state index contributed by atoms with van der Waals surface area (Å²) in [6.45, 7) is 1.60. The van der Waals surface area contributed by atoms with Crippen molar-refractivity contribution in [3.05, 3.63) is 53.3 Å². The number of hydrogen-bond acceptors (Lipinski definition) is 8. The van der Waals surface area contributed by atoms with Gasteiger partial charge in [0, 0.05) is 24.4 Å². The smallest absolute Gasteiger partial charge is 0.172 e. The quantitative estimate of drug-likeness (QED) is 0.603. The lowest BCUT2D eigenvalue weighted by molar-refractivity contribution is 0.220. The van der Waals surface area contributed by atoms with Crippen molar-refractivity contribution in [3.63, 3.8) is 0 Å². The third-order valence-electron chi connectivity index (χ3n) is 6.17. The fourth-order valence-electron chi connectivity index (χ4n) is 4.35. The number of aromatic hydroxyl groups is 2. The van der Waals surface area contributed by atoms with Crippen molar-refractivity contribution in [2.75, 3.05) is 19.3 Å². The highest BCUT2D eigenvalue weighted by atomic mass is 32.2. The zero-order valence-corrected chi connectivity index (χ0v) is 18.3. The number of sulfone groups is 1. The second-order valence-electron chi connectivity index (χ2n) is 8.31. The maximum absolute atomic E-state index is 11.8. The number of furan rings is 1. The maximum atomic E-state index is 11.8. The van der Waals surface area contributed by atoms with E-state index in [0.717, 1.165) is 11.3 Å². The lowest BCUT2D eigenvalue weighted by Crippen LogP contribution is -2.38. The van der Waals surface area contributed by atoms with E-state index in [1.807, 2.05) is 24.3 Å². The van der Waals surface area contributed by atoms with Crippen LogP contribution in [-0.2, 0) is 16.4 Å².